The third-order valence-electron chi connectivity index (χ3n) is 6.57. The summed E-state index contributed by atoms with van der Waals surface area (Å²) in [7, 11) is 0. The van der Waals surface area contributed by atoms with Gasteiger partial charge in [-0.3, -0.25) is 18.5 Å². The second-order valence-electron chi connectivity index (χ2n) is 8.97. The number of aryl methyl sites for hydroxylation is 1. The summed E-state index contributed by atoms with van der Waals surface area (Å²) in [5.41, 5.74) is 13.2. The van der Waals surface area contributed by atoms with Gasteiger partial charge in [-0.05, 0) is 32.8 Å². The van der Waals surface area contributed by atoms with E-state index in [0.29, 0.717) is 18.3 Å². The van der Waals surface area contributed by atoms with Crippen molar-refractivity contribution in [1.29, 1.82) is 0 Å². The average Bonchev–Trinajstić information content (AvgIpc) is 3.25. The van der Waals surface area contributed by atoms with Crippen LogP contribution in [0.25, 0.3) is 22.1 Å². The lowest BCUT2D eigenvalue weighted by atomic mass is 10.1. The summed E-state index contributed by atoms with van der Waals surface area (Å²) in [6, 6.07) is 7.64. The van der Waals surface area contributed by atoms with Gasteiger partial charge in [0.2, 0.25) is 5.95 Å². The molecule has 1 unspecified atom stereocenters. The number of hydrogen-bond acceptors (Lipinski definition) is 8. The Labute approximate surface area is 207 Å². The highest BCUT2D eigenvalue weighted by Gasteiger charge is 2.26. The zero-order valence-corrected chi connectivity index (χ0v) is 20.4. The standard InChI is InChI=1S/C25H29N9O2/c1-3-4-12-32-21-22(30-24(32)31-11-7-8-17(27)13-31)34(15-26)25(36)33(23(21)35)14-20-28-16(2)18-9-5-6-10-19(18)29-20/h5-6,9-10,17H,7-8,11-15,26-27H2,1-2H3. The molecule has 1 fully saturated rings. The molecular weight excluding hydrogens is 458 g/mol. The lowest BCUT2D eigenvalue weighted by Crippen LogP contribution is -2.44. The van der Waals surface area contributed by atoms with Crippen LogP contribution in [-0.2, 0) is 19.8 Å². The van der Waals surface area contributed by atoms with Gasteiger partial charge >= 0.3 is 5.69 Å². The highest BCUT2D eigenvalue weighted by molar-refractivity contribution is 5.80. The van der Waals surface area contributed by atoms with E-state index < -0.39 is 11.2 Å². The molecule has 1 aliphatic heterocycles. The summed E-state index contributed by atoms with van der Waals surface area (Å²) in [6.45, 7) is 5.00. The maximum Gasteiger partial charge on any atom is 0.334 e. The van der Waals surface area contributed by atoms with Crippen molar-refractivity contribution in [2.75, 3.05) is 18.0 Å². The largest absolute Gasteiger partial charge is 0.341 e. The van der Waals surface area contributed by atoms with Gasteiger partial charge in [0.15, 0.2) is 11.2 Å². The normalized spacial score (nSPS) is 15.9. The number of benzene rings is 1. The first-order valence-electron chi connectivity index (χ1n) is 12.0. The molecule has 0 spiro atoms. The minimum atomic E-state index is -0.558. The minimum absolute atomic E-state index is 0.00548. The molecule has 11 nitrogen and oxygen atoms in total. The van der Waals surface area contributed by atoms with Crippen molar-refractivity contribution < 1.29 is 0 Å². The first-order valence-corrected chi connectivity index (χ1v) is 12.0. The number of nitrogens with two attached hydrogens (primary N) is 2. The summed E-state index contributed by atoms with van der Waals surface area (Å²) in [5.74, 6) is 6.85. The van der Waals surface area contributed by atoms with Crippen LogP contribution in [0.15, 0.2) is 33.9 Å². The zero-order valence-electron chi connectivity index (χ0n) is 20.4. The second-order valence-corrected chi connectivity index (χ2v) is 8.97. The van der Waals surface area contributed by atoms with Crippen LogP contribution < -0.4 is 27.6 Å². The molecule has 1 saturated heterocycles. The zero-order chi connectivity index (χ0) is 25.4. The van der Waals surface area contributed by atoms with E-state index in [1.54, 1.807) is 11.5 Å². The number of aromatic nitrogens is 6. The molecule has 0 radical (unpaired) electrons. The van der Waals surface area contributed by atoms with Crippen LogP contribution in [0.3, 0.4) is 0 Å². The number of imidazole rings is 1. The van der Waals surface area contributed by atoms with Crippen molar-refractivity contribution in [2.24, 2.45) is 11.5 Å². The first kappa shape index (κ1) is 23.7. The molecule has 0 bridgehead atoms. The Kier molecular flexibility index (Phi) is 6.30. The predicted octanol–water partition coefficient (Wildman–Crippen LogP) is 0.527. The van der Waals surface area contributed by atoms with Crippen LogP contribution in [0.1, 0.15) is 31.3 Å². The average molecular weight is 488 g/mol. The van der Waals surface area contributed by atoms with Gasteiger partial charge in [-0.1, -0.05) is 24.1 Å². The molecule has 0 amide bonds. The Balaban J connectivity index is 1.72. The summed E-state index contributed by atoms with van der Waals surface area (Å²) in [6.07, 6.45) is 1.84. The molecule has 4 aromatic rings. The molecule has 186 valence electrons. The van der Waals surface area contributed by atoms with Crippen LogP contribution in [0.4, 0.5) is 5.95 Å². The molecule has 0 saturated carbocycles. The van der Waals surface area contributed by atoms with Crippen molar-refractivity contribution in [3.8, 4) is 11.8 Å². The van der Waals surface area contributed by atoms with E-state index >= 15 is 0 Å². The number of nitrogens with zero attached hydrogens (tertiary/aromatic N) is 7. The smallest absolute Gasteiger partial charge is 0.334 e. The SMILES string of the molecule is CC#CCn1c(N2CCCC(N)C2)nc2c1c(=O)n(Cc1nc(C)c3ccccc3n1)c(=O)n2CN. The summed E-state index contributed by atoms with van der Waals surface area (Å²) in [5, 5.41) is 0.920. The molecule has 4 heterocycles. The number of fused-ring (bicyclic) bond motifs is 2. The van der Waals surface area contributed by atoms with Crippen molar-refractivity contribution in [2.45, 2.75) is 52.5 Å². The summed E-state index contributed by atoms with van der Waals surface area (Å²) < 4.78 is 4.21. The number of hydrogen-bond donors (Lipinski definition) is 2. The van der Waals surface area contributed by atoms with Gasteiger partial charge in [-0.2, -0.15) is 4.98 Å². The number of rotatable bonds is 5. The molecule has 5 rings (SSSR count). The van der Waals surface area contributed by atoms with Gasteiger partial charge in [0.25, 0.3) is 5.56 Å². The predicted molar refractivity (Wildman–Crippen MR) is 139 cm³/mol. The first-order chi connectivity index (χ1) is 17.4. The fraction of sp³-hybridized carbons (Fsp3) is 0.400. The van der Waals surface area contributed by atoms with Gasteiger partial charge in [0, 0.05) is 30.2 Å². The van der Waals surface area contributed by atoms with Crippen LogP contribution in [0.5, 0.6) is 0 Å². The maximum absolute atomic E-state index is 13.8. The van der Waals surface area contributed by atoms with Crippen molar-refractivity contribution in [3.63, 3.8) is 0 Å². The Bertz CT molecular complexity index is 1640. The van der Waals surface area contributed by atoms with E-state index in [-0.39, 0.29) is 37.0 Å². The quantitative estimate of drug-likeness (QED) is 0.388. The van der Waals surface area contributed by atoms with Crippen LogP contribution >= 0.6 is 0 Å². The Morgan fingerprint density at radius 2 is 1.92 bits per heavy atom. The van der Waals surface area contributed by atoms with Crippen molar-refractivity contribution >= 4 is 28.0 Å². The highest BCUT2D eigenvalue weighted by atomic mass is 16.2. The molecule has 1 aliphatic rings. The molecule has 0 aliphatic carbocycles. The Morgan fingerprint density at radius 3 is 2.67 bits per heavy atom. The lowest BCUT2D eigenvalue weighted by molar-refractivity contribution is 0.496. The number of piperidine rings is 1. The fourth-order valence-electron chi connectivity index (χ4n) is 4.83. The molecular formula is C25H29N9O2. The molecule has 4 N–H and O–H groups in total. The van der Waals surface area contributed by atoms with Crippen molar-refractivity contribution in [3.05, 3.63) is 56.6 Å². The van der Waals surface area contributed by atoms with Crippen molar-refractivity contribution in [1.82, 2.24) is 28.7 Å². The third-order valence-corrected chi connectivity index (χ3v) is 6.57. The number of para-hydroxylation sites is 1. The van der Waals surface area contributed by atoms with E-state index in [4.69, 9.17) is 16.5 Å². The molecule has 11 heteroatoms. The number of anilines is 1. The maximum atomic E-state index is 13.8. The van der Waals surface area contributed by atoms with E-state index in [1.807, 2.05) is 31.2 Å². The second kappa shape index (κ2) is 9.56. The Morgan fingerprint density at radius 1 is 1.11 bits per heavy atom. The topological polar surface area (TPSA) is 143 Å². The van der Waals surface area contributed by atoms with Gasteiger partial charge in [-0.25, -0.2) is 14.8 Å². The summed E-state index contributed by atoms with van der Waals surface area (Å²) in [4.78, 5) is 43.2. The van der Waals surface area contributed by atoms with E-state index in [9.17, 15) is 9.59 Å². The van der Waals surface area contributed by atoms with Gasteiger partial charge in [0.1, 0.15) is 5.82 Å². The molecule has 3 aromatic heterocycles. The van der Waals surface area contributed by atoms with E-state index in [0.717, 1.165) is 40.6 Å². The molecule has 36 heavy (non-hydrogen) atoms. The third kappa shape index (κ3) is 4.04. The van der Waals surface area contributed by atoms with Crippen LogP contribution in [-0.4, -0.2) is 47.8 Å². The van der Waals surface area contributed by atoms with Gasteiger partial charge < -0.3 is 16.4 Å². The Hall–Kier alpha value is -4.01. The monoisotopic (exact) mass is 487 g/mol. The molecule has 1 aromatic carbocycles. The van der Waals surface area contributed by atoms with Crippen LogP contribution in [0.2, 0.25) is 0 Å². The summed E-state index contributed by atoms with van der Waals surface area (Å²) >= 11 is 0. The highest BCUT2D eigenvalue weighted by Crippen LogP contribution is 2.23. The van der Waals surface area contributed by atoms with Gasteiger partial charge in [0.05, 0.1) is 25.3 Å². The van der Waals surface area contributed by atoms with E-state index in [2.05, 4.69) is 26.7 Å². The van der Waals surface area contributed by atoms with Gasteiger partial charge in [-0.15, -0.1) is 5.92 Å². The molecule has 1 atom stereocenters. The lowest BCUT2D eigenvalue weighted by Gasteiger charge is -2.31. The van der Waals surface area contributed by atoms with Crippen LogP contribution in [0, 0.1) is 18.8 Å². The van der Waals surface area contributed by atoms with E-state index in [1.165, 1.54) is 4.57 Å². The minimum Gasteiger partial charge on any atom is -0.341 e. The fourth-order valence-corrected chi connectivity index (χ4v) is 4.83.